The molecule has 1 fully saturated rings. The Balaban J connectivity index is 1.58. The summed E-state index contributed by atoms with van der Waals surface area (Å²) < 4.78 is 13.2. The van der Waals surface area contributed by atoms with Gasteiger partial charge in [-0.05, 0) is 30.5 Å². The van der Waals surface area contributed by atoms with Crippen molar-refractivity contribution in [2.24, 2.45) is 0 Å². The van der Waals surface area contributed by atoms with Crippen molar-refractivity contribution in [2.45, 2.75) is 24.8 Å². The van der Waals surface area contributed by atoms with Gasteiger partial charge in [0.05, 0.1) is 17.6 Å². The minimum absolute atomic E-state index is 0.0752. The van der Waals surface area contributed by atoms with Crippen molar-refractivity contribution in [3.8, 4) is 0 Å². The lowest BCUT2D eigenvalue weighted by Gasteiger charge is -2.17. The second kappa shape index (κ2) is 7.80. The van der Waals surface area contributed by atoms with Crippen LogP contribution >= 0.6 is 0 Å². The average Bonchev–Trinajstić information content (AvgIpc) is 3.46. The van der Waals surface area contributed by atoms with E-state index >= 15 is 0 Å². The Bertz CT molecular complexity index is 1020. The summed E-state index contributed by atoms with van der Waals surface area (Å²) in [6, 6.07) is 6.59. The van der Waals surface area contributed by atoms with Gasteiger partial charge in [0.25, 0.3) is 0 Å². The van der Waals surface area contributed by atoms with Crippen LogP contribution in [0.1, 0.15) is 36.1 Å². The summed E-state index contributed by atoms with van der Waals surface area (Å²) in [7, 11) is 0. The topological polar surface area (TPSA) is 142 Å². The van der Waals surface area contributed by atoms with E-state index in [2.05, 4.69) is 30.8 Å². The molecule has 2 heterocycles. The Morgan fingerprint density at radius 2 is 2.10 bits per heavy atom. The third kappa shape index (κ3) is 4.29. The molecule has 1 saturated carbocycles. The zero-order chi connectivity index (χ0) is 20.4. The lowest BCUT2D eigenvalue weighted by atomic mass is 10.1. The van der Waals surface area contributed by atoms with Crippen LogP contribution in [0.25, 0.3) is 0 Å². The number of benzene rings is 1. The maximum Gasteiger partial charge on any atom is 0.329 e. The Kier molecular flexibility index (Phi) is 5.04. The number of nitro groups is 1. The second-order valence-corrected chi connectivity index (χ2v) is 6.72. The van der Waals surface area contributed by atoms with E-state index in [4.69, 9.17) is 0 Å². The van der Waals surface area contributed by atoms with Crippen LogP contribution in [0.15, 0.2) is 36.5 Å². The summed E-state index contributed by atoms with van der Waals surface area (Å²) in [5.74, 6) is 0.615. The first-order valence-corrected chi connectivity index (χ1v) is 9.00. The quantitative estimate of drug-likeness (QED) is 0.334. The van der Waals surface area contributed by atoms with E-state index in [1.807, 2.05) is 6.07 Å². The first-order chi connectivity index (χ1) is 14.0. The van der Waals surface area contributed by atoms with Crippen LogP contribution in [0.3, 0.4) is 0 Å². The van der Waals surface area contributed by atoms with Gasteiger partial charge in [-0.3, -0.25) is 15.2 Å². The zero-order valence-corrected chi connectivity index (χ0v) is 15.2. The number of aliphatic hydroxyl groups excluding tert-OH is 1. The van der Waals surface area contributed by atoms with Crippen LogP contribution in [0.2, 0.25) is 0 Å². The molecule has 10 nitrogen and oxygen atoms in total. The van der Waals surface area contributed by atoms with Gasteiger partial charge in [0, 0.05) is 17.7 Å². The number of nitrogens with one attached hydrogen (secondary N) is 3. The Labute approximate surface area is 164 Å². The highest BCUT2D eigenvalue weighted by Gasteiger charge is 2.26. The number of aliphatic hydroxyl groups is 1. The molecule has 0 radical (unpaired) electrons. The molecule has 0 spiro atoms. The van der Waals surface area contributed by atoms with E-state index < -0.39 is 16.8 Å². The van der Waals surface area contributed by atoms with Crippen LogP contribution < -0.4 is 10.6 Å². The Morgan fingerprint density at radius 3 is 2.76 bits per heavy atom. The maximum absolute atomic E-state index is 13.2. The summed E-state index contributed by atoms with van der Waals surface area (Å²) in [6.07, 6.45) is 3.32. The molecule has 0 aliphatic heterocycles. The lowest BCUT2D eigenvalue weighted by molar-refractivity contribution is -0.384. The van der Waals surface area contributed by atoms with Gasteiger partial charge in [-0.25, -0.2) is 9.37 Å². The first kappa shape index (κ1) is 18.7. The Hall–Kier alpha value is -3.60. The van der Waals surface area contributed by atoms with Crippen LogP contribution in [-0.4, -0.2) is 36.8 Å². The van der Waals surface area contributed by atoms with Crippen LogP contribution in [0.5, 0.6) is 0 Å². The van der Waals surface area contributed by atoms with E-state index in [-0.39, 0.29) is 24.1 Å². The summed E-state index contributed by atoms with van der Waals surface area (Å²) >= 11 is 0. The molecule has 4 rings (SSSR count). The molecular formula is C18H18FN7O3. The van der Waals surface area contributed by atoms with Crippen LogP contribution in [-0.2, 0) is 0 Å². The number of aromatic amines is 1. The molecule has 0 amide bonds. The normalized spacial score (nSPS) is 14.4. The number of hydrogen-bond donors (Lipinski definition) is 4. The van der Waals surface area contributed by atoms with Crippen LogP contribution in [0.4, 0.5) is 27.7 Å². The average molecular weight is 399 g/mol. The second-order valence-electron chi connectivity index (χ2n) is 6.72. The lowest BCUT2D eigenvalue weighted by Crippen LogP contribution is -2.17. The van der Waals surface area contributed by atoms with Crippen molar-refractivity contribution in [3.63, 3.8) is 0 Å². The molecule has 11 heteroatoms. The summed E-state index contributed by atoms with van der Waals surface area (Å²) in [4.78, 5) is 18.9. The van der Waals surface area contributed by atoms with E-state index in [0.29, 0.717) is 17.3 Å². The summed E-state index contributed by atoms with van der Waals surface area (Å²) in [6.45, 7) is -0.375. The van der Waals surface area contributed by atoms with Gasteiger partial charge in [-0.2, -0.15) is 10.1 Å². The van der Waals surface area contributed by atoms with E-state index in [9.17, 15) is 19.6 Å². The Morgan fingerprint density at radius 1 is 1.34 bits per heavy atom. The van der Waals surface area contributed by atoms with E-state index in [0.717, 1.165) is 24.7 Å². The molecule has 1 aromatic carbocycles. The number of anilines is 3. The van der Waals surface area contributed by atoms with Gasteiger partial charge >= 0.3 is 5.69 Å². The molecule has 1 aliphatic rings. The number of aromatic nitrogens is 4. The van der Waals surface area contributed by atoms with Crippen molar-refractivity contribution in [3.05, 3.63) is 63.7 Å². The minimum Gasteiger partial charge on any atom is -0.394 e. The minimum atomic E-state index is -0.719. The summed E-state index contributed by atoms with van der Waals surface area (Å²) in [5, 5.41) is 33.9. The van der Waals surface area contributed by atoms with Gasteiger partial charge < -0.3 is 15.7 Å². The van der Waals surface area contributed by atoms with Gasteiger partial charge in [-0.1, -0.05) is 12.1 Å². The molecule has 4 N–H and O–H groups in total. The molecule has 29 heavy (non-hydrogen) atoms. The molecule has 1 aliphatic carbocycles. The largest absolute Gasteiger partial charge is 0.394 e. The van der Waals surface area contributed by atoms with Crippen molar-refractivity contribution >= 4 is 23.3 Å². The van der Waals surface area contributed by atoms with E-state index in [1.165, 1.54) is 24.3 Å². The van der Waals surface area contributed by atoms with Crippen molar-refractivity contribution in [1.82, 2.24) is 20.2 Å². The fourth-order valence-corrected chi connectivity index (χ4v) is 2.89. The molecule has 3 aromatic rings. The smallest absolute Gasteiger partial charge is 0.329 e. The molecular weight excluding hydrogens is 381 g/mol. The highest BCUT2D eigenvalue weighted by molar-refractivity contribution is 5.60. The SMILES string of the molecule is O=[N+]([O-])c1cnc(Nc2cc(C3CC3)[nH]n2)nc1N[C@@H](CO)c1ccc(F)cc1. The monoisotopic (exact) mass is 399 g/mol. The first-order valence-electron chi connectivity index (χ1n) is 9.00. The zero-order valence-electron chi connectivity index (χ0n) is 15.2. The number of nitrogens with zero attached hydrogens (tertiary/aromatic N) is 4. The number of H-pyrrole nitrogens is 1. The van der Waals surface area contributed by atoms with Crippen LogP contribution in [0, 0.1) is 15.9 Å². The van der Waals surface area contributed by atoms with Gasteiger partial charge in [0.1, 0.15) is 12.0 Å². The third-order valence-corrected chi connectivity index (χ3v) is 4.59. The standard InChI is InChI=1S/C18H18FN7O3/c19-12-5-3-11(4-6-12)14(9-27)21-17-15(26(28)29)8-20-18(23-17)22-16-7-13(24-25-16)10-1-2-10/h3-8,10,14,27H,1-2,9H2,(H3,20,21,22,23,24,25)/t14-/m0/s1. The molecule has 2 aromatic heterocycles. The van der Waals surface area contributed by atoms with Crippen molar-refractivity contribution in [2.75, 3.05) is 17.2 Å². The molecule has 150 valence electrons. The van der Waals surface area contributed by atoms with Crippen molar-refractivity contribution < 1.29 is 14.4 Å². The van der Waals surface area contributed by atoms with Crippen molar-refractivity contribution in [1.29, 1.82) is 0 Å². The highest BCUT2D eigenvalue weighted by atomic mass is 19.1. The number of hydrogen-bond acceptors (Lipinski definition) is 8. The third-order valence-electron chi connectivity index (χ3n) is 4.59. The fourth-order valence-electron chi connectivity index (χ4n) is 2.89. The number of halogens is 1. The molecule has 1 atom stereocenters. The fraction of sp³-hybridized carbons (Fsp3) is 0.278. The van der Waals surface area contributed by atoms with Gasteiger partial charge in [0.15, 0.2) is 5.82 Å². The van der Waals surface area contributed by atoms with Gasteiger partial charge in [-0.15, -0.1) is 0 Å². The predicted octanol–water partition coefficient (Wildman–Crippen LogP) is 3.01. The highest BCUT2D eigenvalue weighted by Crippen LogP contribution is 2.39. The molecule has 0 bridgehead atoms. The van der Waals surface area contributed by atoms with Gasteiger partial charge in [0.2, 0.25) is 11.8 Å². The molecule has 0 saturated heterocycles. The molecule has 0 unspecified atom stereocenters. The maximum atomic E-state index is 13.2. The predicted molar refractivity (Wildman–Crippen MR) is 102 cm³/mol. The summed E-state index contributed by atoms with van der Waals surface area (Å²) in [5.41, 5.74) is 1.22. The number of rotatable bonds is 8. The van der Waals surface area contributed by atoms with E-state index in [1.54, 1.807) is 0 Å².